The van der Waals surface area contributed by atoms with E-state index in [2.05, 4.69) is 5.32 Å². The van der Waals surface area contributed by atoms with Gasteiger partial charge in [0.2, 0.25) is 0 Å². The topological polar surface area (TPSA) is 86.3 Å². The Hall–Kier alpha value is -3.52. The Kier molecular flexibility index (Phi) is 8.32. The molecule has 2 amide bonds. The summed E-state index contributed by atoms with van der Waals surface area (Å²) in [5, 5.41) is 3.13. The molecule has 0 bridgehead atoms. The van der Waals surface area contributed by atoms with E-state index in [9.17, 15) is 9.59 Å². The fourth-order valence-corrected chi connectivity index (χ4v) is 3.49. The number of carbonyl (C=O) groups is 2. The Morgan fingerprint density at radius 1 is 0.848 bits per heavy atom. The standard InChI is InChI=1S/C25H30N2O6/c1-5-12-33-19-9-7-17(8-10-19)22-23(25(29)27(24(22)28)11-6-13-30-2)26-18-14-20(31-3)16-21(15-18)32-4/h7-10,14-16,26H,5-6,11-13H2,1-4H3. The van der Waals surface area contributed by atoms with Crippen molar-refractivity contribution >= 4 is 23.1 Å². The molecule has 2 aromatic rings. The van der Waals surface area contributed by atoms with Gasteiger partial charge in [0.05, 0.1) is 26.4 Å². The number of ether oxygens (including phenoxy) is 4. The summed E-state index contributed by atoms with van der Waals surface area (Å²) in [6, 6.07) is 12.4. The minimum atomic E-state index is -0.390. The molecule has 0 saturated heterocycles. The second-order valence-electron chi connectivity index (χ2n) is 7.46. The Morgan fingerprint density at radius 2 is 1.52 bits per heavy atom. The van der Waals surface area contributed by atoms with Gasteiger partial charge in [-0.3, -0.25) is 14.5 Å². The number of amides is 2. The van der Waals surface area contributed by atoms with Crippen LogP contribution in [0.2, 0.25) is 0 Å². The van der Waals surface area contributed by atoms with Gasteiger partial charge < -0.3 is 24.3 Å². The van der Waals surface area contributed by atoms with Crippen molar-refractivity contribution in [3.8, 4) is 17.2 Å². The zero-order valence-electron chi connectivity index (χ0n) is 19.5. The summed E-state index contributed by atoms with van der Waals surface area (Å²) in [4.78, 5) is 27.8. The number of hydrogen-bond acceptors (Lipinski definition) is 7. The van der Waals surface area contributed by atoms with E-state index in [-0.39, 0.29) is 24.1 Å². The van der Waals surface area contributed by atoms with Crippen LogP contribution < -0.4 is 19.5 Å². The van der Waals surface area contributed by atoms with Crippen LogP contribution in [0.5, 0.6) is 17.2 Å². The summed E-state index contributed by atoms with van der Waals surface area (Å²) >= 11 is 0. The van der Waals surface area contributed by atoms with Gasteiger partial charge in [-0.25, -0.2) is 0 Å². The van der Waals surface area contributed by atoms with Crippen LogP contribution in [-0.2, 0) is 14.3 Å². The van der Waals surface area contributed by atoms with Gasteiger partial charge in [-0.15, -0.1) is 0 Å². The monoisotopic (exact) mass is 454 g/mol. The summed E-state index contributed by atoms with van der Waals surface area (Å²) in [6.45, 7) is 3.36. The predicted molar refractivity (Wildman–Crippen MR) is 126 cm³/mol. The van der Waals surface area contributed by atoms with E-state index in [4.69, 9.17) is 18.9 Å². The summed E-state index contributed by atoms with van der Waals surface area (Å²) < 4.78 is 21.4. The van der Waals surface area contributed by atoms with E-state index in [0.29, 0.717) is 53.7 Å². The molecule has 3 rings (SSSR count). The lowest BCUT2D eigenvalue weighted by Crippen LogP contribution is -2.33. The number of rotatable bonds is 12. The Morgan fingerprint density at radius 3 is 2.09 bits per heavy atom. The molecule has 0 saturated carbocycles. The van der Waals surface area contributed by atoms with Crippen LogP contribution in [-0.4, -0.2) is 57.8 Å². The van der Waals surface area contributed by atoms with Crippen molar-refractivity contribution < 1.29 is 28.5 Å². The van der Waals surface area contributed by atoms with Gasteiger partial charge in [-0.2, -0.15) is 0 Å². The average molecular weight is 455 g/mol. The van der Waals surface area contributed by atoms with E-state index >= 15 is 0 Å². The molecule has 0 spiro atoms. The lowest BCUT2D eigenvalue weighted by Gasteiger charge is -2.15. The first-order valence-corrected chi connectivity index (χ1v) is 10.8. The predicted octanol–water partition coefficient (Wildman–Crippen LogP) is 3.72. The van der Waals surface area contributed by atoms with Gasteiger partial charge in [0, 0.05) is 44.1 Å². The molecule has 1 N–H and O–H groups in total. The van der Waals surface area contributed by atoms with Crippen molar-refractivity contribution in [1.29, 1.82) is 0 Å². The molecule has 1 heterocycles. The van der Waals surface area contributed by atoms with Gasteiger partial charge in [0.15, 0.2) is 0 Å². The Bertz CT molecular complexity index is 994. The number of carbonyl (C=O) groups excluding carboxylic acids is 2. The molecule has 8 heteroatoms. The van der Waals surface area contributed by atoms with E-state index in [1.807, 2.05) is 6.92 Å². The van der Waals surface area contributed by atoms with E-state index in [1.165, 1.54) is 4.90 Å². The number of anilines is 1. The SMILES string of the molecule is CCCOc1ccc(C2=C(Nc3cc(OC)cc(OC)c3)C(=O)N(CCCOC)C2=O)cc1. The number of hydrogen-bond donors (Lipinski definition) is 1. The molecule has 0 aliphatic carbocycles. The zero-order chi connectivity index (χ0) is 23.8. The molecule has 1 aliphatic rings. The van der Waals surface area contributed by atoms with Crippen molar-refractivity contribution in [2.75, 3.05) is 46.4 Å². The molecule has 1 aliphatic heterocycles. The number of imide groups is 1. The van der Waals surface area contributed by atoms with E-state index in [0.717, 1.165) is 6.42 Å². The fourth-order valence-electron chi connectivity index (χ4n) is 3.49. The molecule has 176 valence electrons. The second-order valence-corrected chi connectivity index (χ2v) is 7.46. The number of methoxy groups -OCH3 is 3. The third kappa shape index (κ3) is 5.64. The van der Waals surface area contributed by atoms with E-state index in [1.54, 1.807) is 63.8 Å². The zero-order valence-corrected chi connectivity index (χ0v) is 19.5. The number of nitrogens with one attached hydrogen (secondary N) is 1. The second kappa shape index (κ2) is 11.4. The third-order valence-electron chi connectivity index (χ3n) is 5.13. The minimum Gasteiger partial charge on any atom is -0.497 e. The van der Waals surface area contributed by atoms with Crippen molar-refractivity contribution in [1.82, 2.24) is 4.90 Å². The lowest BCUT2D eigenvalue weighted by atomic mass is 10.0. The van der Waals surface area contributed by atoms with E-state index < -0.39 is 0 Å². The molecule has 0 fully saturated rings. The van der Waals surface area contributed by atoms with Crippen LogP contribution in [0, 0.1) is 0 Å². The van der Waals surface area contributed by atoms with Crippen LogP contribution in [0.25, 0.3) is 5.57 Å². The summed E-state index contributed by atoms with van der Waals surface area (Å²) in [5.74, 6) is 1.09. The van der Waals surface area contributed by atoms with Crippen LogP contribution in [0.3, 0.4) is 0 Å². The minimum absolute atomic E-state index is 0.204. The maximum atomic E-state index is 13.3. The molecule has 8 nitrogen and oxygen atoms in total. The van der Waals surface area contributed by atoms with Gasteiger partial charge >= 0.3 is 0 Å². The molecule has 2 aromatic carbocycles. The first kappa shape index (κ1) is 24.1. The van der Waals surface area contributed by atoms with Crippen molar-refractivity contribution in [2.24, 2.45) is 0 Å². The Labute approximate surface area is 194 Å². The molecule has 33 heavy (non-hydrogen) atoms. The van der Waals surface area contributed by atoms with Crippen molar-refractivity contribution in [3.05, 3.63) is 53.7 Å². The van der Waals surface area contributed by atoms with Gasteiger partial charge in [-0.1, -0.05) is 19.1 Å². The first-order valence-electron chi connectivity index (χ1n) is 10.8. The summed E-state index contributed by atoms with van der Waals surface area (Å²) in [5.41, 5.74) is 1.71. The molecular weight excluding hydrogens is 424 g/mol. The fraction of sp³-hybridized carbons (Fsp3) is 0.360. The number of nitrogens with zero attached hydrogens (tertiary/aromatic N) is 1. The highest BCUT2D eigenvalue weighted by Gasteiger charge is 2.39. The molecule has 0 radical (unpaired) electrons. The largest absolute Gasteiger partial charge is 0.497 e. The maximum absolute atomic E-state index is 13.3. The van der Waals surface area contributed by atoms with Crippen LogP contribution >= 0.6 is 0 Å². The highest BCUT2D eigenvalue weighted by atomic mass is 16.5. The van der Waals surface area contributed by atoms with Gasteiger partial charge in [0.1, 0.15) is 22.9 Å². The van der Waals surface area contributed by atoms with Crippen molar-refractivity contribution in [3.63, 3.8) is 0 Å². The van der Waals surface area contributed by atoms with Crippen molar-refractivity contribution in [2.45, 2.75) is 19.8 Å². The first-order chi connectivity index (χ1) is 16.0. The molecular formula is C25H30N2O6. The molecule has 0 unspecified atom stereocenters. The van der Waals surface area contributed by atoms with Gasteiger partial charge in [-0.05, 0) is 30.5 Å². The lowest BCUT2D eigenvalue weighted by molar-refractivity contribution is -0.137. The Balaban J connectivity index is 1.99. The van der Waals surface area contributed by atoms with Gasteiger partial charge in [0.25, 0.3) is 11.8 Å². The summed E-state index contributed by atoms with van der Waals surface area (Å²) in [7, 11) is 4.68. The maximum Gasteiger partial charge on any atom is 0.278 e. The smallest absolute Gasteiger partial charge is 0.278 e. The number of benzene rings is 2. The molecule has 0 atom stereocenters. The average Bonchev–Trinajstić information content (AvgIpc) is 3.07. The molecule has 0 aromatic heterocycles. The summed E-state index contributed by atoms with van der Waals surface area (Å²) in [6.07, 6.45) is 1.44. The van der Waals surface area contributed by atoms with Crippen LogP contribution in [0.1, 0.15) is 25.3 Å². The van der Waals surface area contributed by atoms with Crippen LogP contribution in [0.15, 0.2) is 48.2 Å². The quantitative estimate of drug-likeness (QED) is 0.386. The van der Waals surface area contributed by atoms with Crippen LogP contribution in [0.4, 0.5) is 5.69 Å². The highest BCUT2D eigenvalue weighted by Crippen LogP contribution is 2.33. The third-order valence-corrected chi connectivity index (χ3v) is 5.13. The highest BCUT2D eigenvalue weighted by molar-refractivity contribution is 6.36. The normalized spacial score (nSPS) is 13.5.